The Morgan fingerprint density at radius 1 is 0.864 bits per heavy atom. The second-order valence-corrected chi connectivity index (χ2v) is 5.36. The minimum atomic E-state index is -0.344. The minimum Gasteiger partial charge on any atom is -0.463 e. The first kappa shape index (κ1) is 20.4. The third-order valence-electron chi connectivity index (χ3n) is 3.68. The average Bonchev–Trinajstić information content (AvgIpc) is 2.54. The quantitative estimate of drug-likeness (QED) is 0.274. The summed E-state index contributed by atoms with van der Waals surface area (Å²) in [4.78, 5) is 21.8. The summed E-state index contributed by atoms with van der Waals surface area (Å²) in [5.74, 6) is -0.0684. The van der Waals surface area contributed by atoms with Crippen molar-refractivity contribution in [2.24, 2.45) is 5.92 Å². The van der Waals surface area contributed by atoms with Crippen LogP contribution in [0.5, 0.6) is 0 Å². The van der Waals surface area contributed by atoms with Crippen molar-refractivity contribution in [3.05, 3.63) is 25.3 Å². The molecule has 0 aliphatic carbocycles. The van der Waals surface area contributed by atoms with Crippen LogP contribution in [0.3, 0.4) is 0 Å². The smallest absolute Gasteiger partial charge is 0.330 e. The summed E-state index contributed by atoms with van der Waals surface area (Å²) in [5, 5.41) is 0. The SMILES string of the molecule is C=CC(=O)OCCCCCCCC(CC)CCOC(=O)C=C. The summed E-state index contributed by atoms with van der Waals surface area (Å²) in [6.07, 6.45) is 11.1. The summed E-state index contributed by atoms with van der Waals surface area (Å²) < 4.78 is 9.94. The van der Waals surface area contributed by atoms with Crippen LogP contribution in [0.4, 0.5) is 0 Å². The third kappa shape index (κ3) is 12.2. The fourth-order valence-electron chi connectivity index (χ4n) is 2.23. The molecule has 0 N–H and O–H groups in total. The van der Waals surface area contributed by atoms with Gasteiger partial charge in [-0.05, 0) is 18.8 Å². The Hall–Kier alpha value is -1.58. The zero-order valence-electron chi connectivity index (χ0n) is 13.9. The highest BCUT2D eigenvalue weighted by Gasteiger charge is 2.07. The van der Waals surface area contributed by atoms with Crippen LogP contribution < -0.4 is 0 Å². The van der Waals surface area contributed by atoms with Gasteiger partial charge in [0.05, 0.1) is 13.2 Å². The van der Waals surface area contributed by atoms with Gasteiger partial charge in [-0.15, -0.1) is 0 Å². The first-order valence-corrected chi connectivity index (χ1v) is 8.22. The topological polar surface area (TPSA) is 52.6 Å². The van der Waals surface area contributed by atoms with Crippen LogP contribution in [0, 0.1) is 5.92 Å². The predicted octanol–water partition coefficient (Wildman–Crippen LogP) is 4.20. The lowest BCUT2D eigenvalue weighted by Crippen LogP contribution is -2.08. The molecule has 0 aliphatic heterocycles. The first-order chi connectivity index (χ1) is 10.6. The highest BCUT2D eigenvalue weighted by Crippen LogP contribution is 2.18. The Morgan fingerprint density at radius 3 is 2.00 bits per heavy atom. The van der Waals surface area contributed by atoms with E-state index in [1.54, 1.807) is 0 Å². The molecule has 4 heteroatoms. The van der Waals surface area contributed by atoms with Gasteiger partial charge in [0.1, 0.15) is 0 Å². The molecule has 1 unspecified atom stereocenters. The Labute approximate surface area is 134 Å². The number of hydrogen-bond donors (Lipinski definition) is 0. The lowest BCUT2D eigenvalue weighted by Gasteiger charge is -2.14. The van der Waals surface area contributed by atoms with Crippen LogP contribution in [0.25, 0.3) is 0 Å². The molecule has 0 aromatic carbocycles. The average molecular weight is 310 g/mol. The van der Waals surface area contributed by atoms with Crippen molar-refractivity contribution in [2.45, 2.75) is 58.3 Å². The summed E-state index contributed by atoms with van der Waals surface area (Å²) in [6.45, 7) is 9.87. The summed E-state index contributed by atoms with van der Waals surface area (Å²) in [6, 6.07) is 0. The van der Waals surface area contributed by atoms with Crippen LogP contribution in [0.15, 0.2) is 25.3 Å². The Balaban J connectivity index is 3.46. The van der Waals surface area contributed by atoms with E-state index in [0.717, 1.165) is 32.1 Å². The number of rotatable bonds is 14. The van der Waals surface area contributed by atoms with Crippen molar-refractivity contribution in [3.63, 3.8) is 0 Å². The Morgan fingerprint density at radius 2 is 1.41 bits per heavy atom. The van der Waals surface area contributed by atoms with Gasteiger partial charge in [-0.1, -0.05) is 58.6 Å². The highest BCUT2D eigenvalue weighted by atomic mass is 16.5. The number of unbranched alkanes of at least 4 members (excludes halogenated alkanes) is 4. The molecule has 0 bridgehead atoms. The molecule has 0 heterocycles. The molecule has 0 aromatic rings. The monoisotopic (exact) mass is 310 g/mol. The van der Waals surface area contributed by atoms with Crippen LogP contribution in [-0.4, -0.2) is 25.2 Å². The van der Waals surface area contributed by atoms with E-state index in [4.69, 9.17) is 9.47 Å². The summed E-state index contributed by atoms with van der Waals surface area (Å²) >= 11 is 0. The molecule has 0 fully saturated rings. The zero-order valence-corrected chi connectivity index (χ0v) is 13.9. The molecule has 0 amide bonds. The van der Waals surface area contributed by atoms with Gasteiger partial charge in [0.25, 0.3) is 0 Å². The number of hydrogen-bond acceptors (Lipinski definition) is 4. The van der Waals surface area contributed by atoms with Crippen molar-refractivity contribution >= 4 is 11.9 Å². The molecule has 0 spiro atoms. The molecule has 0 saturated heterocycles. The van der Waals surface area contributed by atoms with Crippen molar-refractivity contribution < 1.29 is 19.1 Å². The van der Waals surface area contributed by atoms with E-state index in [1.807, 2.05) is 0 Å². The van der Waals surface area contributed by atoms with Crippen molar-refractivity contribution in [1.29, 1.82) is 0 Å². The van der Waals surface area contributed by atoms with Gasteiger partial charge in [-0.3, -0.25) is 0 Å². The van der Waals surface area contributed by atoms with Crippen molar-refractivity contribution in [1.82, 2.24) is 0 Å². The molecule has 0 aromatic heterocycles. The molecule has 1 atom stereocenters. The standard InChI is InChI=1S/C18H30O4/c1-4-16(13-15-22-18(20)6-3)12-10-8-7-9-11-14-21-17(19)5-2/h5-6,16H,2-4,7-15H2,1H3. The molecule has 0 saturated carbocycles. The fourth-order valence-corrected chi connectivity index (χ4v) is 2.23. The molecule has 126 valence electrons. The Bertz CT molecular complexity index is 336. The molecule has 22 heavy (non-hydrogen) atoms. The maximum atomic E-state index is 11.0. The number of ether oxygens (including phenoxy) is 2. The number of carbonyl (C=O) groups is 2. The summed E-state index contributed by atoms with van der Waals surface area (Å²) in [5.41, 5.74) is 0. The van der Waals surface area contributed by atoms with E-state index >= 15 is 0 Å². The van der Waals surface area contributed by atoms with E-state index in [1.165, 1.54) is 31.4 Å². The zero-order chi connectivity index (χ0) is 16.6. The Kier molecular flexibility index (Phi) is 13.3. The predicted molar refractivity (Wildman–Crippen MR) is 88.4 cm³/mol. The van der Waals surface area contributed by atoms with Crippen LogP contribution >= 0.6 is 0 Å². The molecule has 0 rings (SSSR count). The van der Waals surface area contributed by atoms with Gasteiger partial charge in [0.15, 0.2) is 0 Å². The molecular formula is C18H30O4. The normalized spacial score (nSPS) is 11.5. The number of esters is 2. The van der Waals surface area contributed by atoms with E-state index < -0.39 is 0 Å². The van der Waals surface area contributed by atoms with Crippen molar-refractivity contribution in [3.8, 4) is 0 Å². The number of carbonyl (C=O) groups excluding carboxylic acids is 2. The van der Waals surface area contributed by atoms with Gasteiger partial charge in [0.2, 0.25) is 0 Å². The maximum absolute atomic E-state index is 11.0. The minimum absolute atomic E-state index is 0.341. The largest absolute Gasteiger partial charge is 0.463 e. The molecule has 4 nitrogen and oxygen atoms in total. The maximum Gasteiger partial charge on any atom is 0.330 e. The van der Waals surface area contributed by atoms with Gasteiger partial charge in [-0.2, -0.15) is 0 Å². The second kappa shape index (κ2) is 14.4. The van der Waals surface area contributed by atoms with Crippen LogP contribution in [0.2, 0.25) is 0 Å². The van der Waals surface area contributed by atoms with E-state index in [0.29, 0.717) is 19.1 Å². The third-order valence-corrected chi connectivity index (χ3v) is 3.68. The van der Waals surface area contributed by atoms with Crippen LogP contribution in [-0.2, 0) is 19.1 Å². The first-order valence-electron chi connectivity index (χ1n) is 8.22. The van der Waals surface area contributed by atoms with Crippen LogP contribution in [0.1, 0.15) is 58.3 Å². The molecule has 0 aliphatic rings. The van der Waals surface area contributed by atoms with E-state index in [9.17, 15) is 9.59 Å². The van der Waals surface area contributed by atoms with E-state index in [2.05, 4.69) is 20.1 Å². The highest BCUT2D eigenvalue weighted by molar-refractivity contribution is 5.81. The lowest BCUT2D eigenvalue weighted by atomic mass is 9.95. The second-order valence-electron chi connectivity index (χ2n) is 5.36. The van der Waals surface area contributed by atoms with Gasteiger partial charge < -0.3 is 9.47 Å². The van der Waals surface area contributed by atoms with Gasteiger partial charge in [-0.25, -0.2) is 9.59 Å². The van der Waals surface area contributed by atoms with Gasteiger partial charge >= 0.3 is 11.9 Å². The molecular weight excluding hydrogens is 280 g/mol. The lowest BCUT2D eigenvalue weighted by molar-refractivity contribution is -0.138. The van der Waals surface area contributed by atoms with Crippen molar-refractivity contribution in [2.75, 3.05) is 13.2 Å². The summed E-state index contributed by atoms with van der Waals surface area (Å²) in [7, 11) is 0. The van der Waals surface area contributed by atoms with E-state index in [-0.39, 0.29) is 11.9 Å². The van der Waals surface area contributed by atoms with Gasteiger partial charge in [0, 0.05) is 12.2 Å². The fraction of sp³-hybridized carbons (Fsp3) is 0.667. The molecule has 0 radical (unpaired) electrons.